The Labute approximate surface area is 223 Å². The Morgan fingerprint density at radius 2 is 1.68 bits per heavy atom. The van der Waals surface area contributed by atoms with Gasteiger partial charge in [-0.2, -0.15) is 4.98 Å². The van der Waals surface area contributed by atoms with Crippen LogP contribution in [0.15, 0.2) is 41.3 Å². The van der Waals surface area contributed by atoms with E-state index in [2.05, 4.69) is 15.2 Å². The van der Waals surface area contributed by atoms with Crippen molar-refractivity contribution in [3.05, 3.63) is 52.6 Å². The van der Waals surface area contributed by atoms with Gasteiger partial charge in [-0.3, -0.25) is 14.7 Å². The number of rotatable bonds is 6. The minimum atomic E-state index is -0.944. The van der Waals surface area contributed by atoms with E-state index in [1.165, 1.54) is 10.1 Å². The van der Waals surface area contributed by atoms with E-state index in [0.717, 1.165) is 45.3 Å². The van der Waals surface area contributed by atoms with Crippen LogP contribution in [0.3, 0.4) is 0 Å². The zero-order valence-electron chi connectivity index (χ0n) is 22.4. The minimum absolute atomic E-state index is 0.140. The fourth-order valence-corrected chi connectivity index (χ4v) is 4.89. The second kappa shape index (κ2) is 12.1. The molecule has 0 radical (unpaired) electrons. The molecule has 0 bridgehead atoms. The molecule has 5 N–H and O–H groups in total. The van der Waals surface area contributed by atoms with Crippen molar-refractivity contribution < 1.29 is 9.59 Å². The van der Waals surface area contributed by atoms with Gasteiger partial charge in [0.25, 0.3) is 0 Å². The van der Waals surface area contributed by atoms with Crippen LogP contribution in [0.2, 0.25) is 0 Å². The zero-order chi connectivity index (χ0) is 27.3. The number of hydrogen-bond acceptors (Lipinski definition) is 7. The van der Waals surface area contributed by atoms with Crippen LogP contribution in [0.1, 0.15) is 38.7 Å². The molecule has 2 fully saturated rings. The van der Waals surface area contributed by atoms with E-state index in [1.54, 1.807) is 35.9 Å². The van der Waals surface area contributed by atoms with Gasteiger partial charge in [-0.1, -0.05) is 12.1 Å². The average molecular weight is 525 g/mol. The van der Waals surface area contributed by atoms with E-state index in [-0.39, 0.29) is 17.8 Å². The lowest BCUT2D eigenvalue weighted by Crippen LogP contribution is -2.58. The van der Waals surface area contributed by atoms with Gasteiger partial charge in [-0.15, -0.1) is 0 Å². The lowest BCUT2D eigenvalue weighted by atomic mass is 10.1. The number of anilines is 1. The number of hydrogen-bond donors (Lipinski definition) is 3. The predicted octanol–water partition coefficient (Wildman–Crippen LogP) is 1.00. The van der Waals surface area contributed by atoms with Gasteiger partial charge in [-0.05, 0) is 76.4 Å². The summed E-state index contributed by atoms with van der Waals surface area (Å²) in [6.45, 7) is 8.05. The number of carbonyl (C=O) groups excluding carboxylic acids is 2. The lowest BCUT2D eigenvalue weighted by Gasteiger charge is -2.37. The number of benzene rings is 1. The third kappa shape index (κ3) is 7.18. The summed E-state index contributed by atoms with van der Waals surface area (Å²) in [5.41, 5.74) is 12.5. The van der Waals surface area contributed by atoms with Crippen LogP contribution < -0.4 is 22.5 Å². The smallest absolute Gasteiger partial charge is 0.338 e. The Bertz CT molecular complexity index is 1170. The molecule has 2 aliphatic heterocycles. The highest BCUT2D eigenvalue weighted by Crippen LogP contribution is 2.14. The highest BCUT2D eigenvalue weighted by atomic mass is 16.2. The molecule has 0 aliphatic carbocycles. The fourth-order valence-electron chi connectivity index (χ4n) is 4.89. The molecule has 206 valence electrons. The van der Waals surface area contributed by atoms with E-state index in [4.69, 9.17) is 11.5 Å². The van der Waals surface area contributed by atoms with Crippen LogP contribution >= 0.6 is 0 Å². The second-order valence-electron chi connectivity index (χ2n) is 10.8. The highest BCUT2D eigenvalue weighted by molar-refractivity contribution is 5.89. The third-order valence-electron chi connectivity index (χ3n) is 7.24. The van der Waals surface area contributed by atoms with Gasteiger partial charge in [-0.25, -0.2) is 9.59 Å². The summed E-state index contributed by atoms with van der Waals surface area (Å²) in [6, 6.07) is 9.48. The Balaban J connectivity index is 1.29. The Morgan fingerprint density at radius 3 is 2.34 bits per heavy atom. The Morgan fingerprint density at radius 1 is 1.00 bits per heavy atom. The van der Waals surface area contributed by atoms with Crippen LogP contribution in [0, 0.1) is 0 Å². The van der Waals surface area contributed by atoms with Gasteiger partial charge in [0.05, 0.1) is 11.2 Å². The number of amides is 3. The maximum atomic E-state index is 12.7. The number of aromatic nitrogens is 2. The SMILES string of the molecule is CC(C)(N)C(=O)N1CCN(C(=O)Nc2ccn(-c3ccc(CCN4CCC[C@H](N)CC4)cc3)c(=O)n2)CC1. The molecular weight excluding hydrogens is 484 g/mol. The van der Waals surface area contributed by atoms with Crippen molar-refractivity contribution in [3.63, 3.8) is 0 Å². The quantitative estimate of drug-likeness (QED) is 0.512. The molecule has 2 aromatic rings. The normalized spacial score (nSPS) is 19.2. The molecule has 3 heterocycles. The van der Waals surface area contributed by atoms with Gasteiger partial charge in [0.2, 0.25) is 5.91 Å². The monoisotopic (exact) mass is 524 g/mol. The molecule has 11 heteroatoms. The van der Waals surface area contributed by atoms with Crippen molar-refractivity contribution in [3.8, 4) is 5.69 Å². The van der Waals surface area contributed by atoms with Gasteiger partial charge < -0.3 is 26.2 Å². The first kappa shape index (κ1) is 27.7. The standard InChI is InChI=1S/C27H40N8O3/c1-27(2,29)24(36)33-16-18-34(19-17-33)25(37)30-23-11-15-35(26(38)31-23)22-7-5-20(6-8-22)9-13-32-12-3-4-21(28)10-14-32/h5-8,11,15,21H,3-4,9-10,12-14,16-19,28-29H2,1-2H3,(H,30,31,37,38)/t21-/m0/s1. The molecule has 2 aliphatic rings. The van der Waals surface area contributed by atoms with E-state index < -0.39 is 11.2 Å². The van der Waals surface area contributed by atoms with E-state index in [1.807, 2.05) is 24.3 Å². The number of carbonyl (C=O) groups is 2. The number of nitrogens with one attached hydrogen (secondary N) is 1. The minimum Gasteiger partial charge on any atom is -0.338 e. The largest absolute Gasteiger partial charge is 0.354 e. The molecular formula is C27H40N8O3. The zero-order valence-corrected chi connectivity index (χ0v) is 22.4. The molecule has 0 saturated carbocycles. The Kier molecular flexibility index (Phi) is 8.80. The van der Waals surface area contributed by atoms with Crippen molar-refractivity contribution in [2.45, 2.75) is 51.1 Å². The van der Waals surface area contributed by atoms with Crippen LogP contribution in [0.5, 0.6) is 0 Å². The van der Waals surface area contributed by atoms with Gasteiger partial charge in [0.15, 0.2) is 0 Å². The van der Waals surface area contributed by atoms with Crippen LogP contribution in [0.4, 0.5) is 10.6 Å². The summed E-state index contributed by atoms with van der Waals surface area (Å²) in [6.07, 6.45) is 5.86. The van der Waals surface area contributed by atoms with Gasteiger partial charge in [0, 0.05) is 45.0 Å². The first-order valence-corrected chi connectivity index (χ1v) is 13.4. The number of piperazine rings is 1. The summed E-state index contributed by atoms with van der Waals surface area (Å²) >= 11 is 0. The maximum absolute atomic E-state index is 12.7. The van der Waals surface area contributed by atoms with Crippen molar-refractivity contribution in [2.24, 2.45) is 11.5 Å². The highest BCUT2D eigenvalue weighted by Gasteiger charge is 2.31. The summed E-state index contributed by atoms with van der Waals surface area (Å²) in [5, 5.41) is 2.69. The lowest BCUT2D eigenvalue weighted by molar-refractivity contribution is -0.137. The molecule has 3 amide bonds. The van der Waals surface area contributed by atoms with E-state index in [9.17, 15) is 14.4 Å². The first-order chi connectivity index (χ1) is 18.1. The first-order valence-electron chi connectivity index (χ1n) is 13.4. The van der Waals surface area contributed by atoms with Gasteiger partial charge in [0.1, 0.15) is 5.82 Å². The van der Waals surface area contributed by atoms with Crippen molar-refractivity contribution >= 4 is 17.8 Å². The van der Waals surface area contributed by atoms with E-state index in [0.29, 0.717) is 37.9 Å². The summed E-state index contributed by atoms with van der Waals surface area (Å²) in [5.74, 6) is 0.0464. The molecule has 4 rings (SSSR count). The average Bonchev–Trinajstić information content (AvgIpc) is 3.11. The third-order valence-corrected chi connectivity index (χ3v) is 7.24. The second-order valence-corrected chi connectivity index (χ2v) is 10.8. The van der Waals surface area contributed by atoms with Crippen LogP contribution in [-0.4, -0.2) is 93.6 Å². The predicted molar refractivity (Wildman–Crippen MR) is 147 cm³/mol. The van der Waals surface area contributed by atoms with Crippen LogP contribution in [-0.2, 0) is 11.2 Å². The Hall–Kier alpha value is -3.28. The summed E-state index contributed by atoms with van der Waals surface area (Å²) in [7, 11) is 0. The van der Waals surface area contributed by atoms with E-state index >= 15 is 0 Å². The maximum Gasteiger partial charge on any atom is 0.354 e. The van der Waals surface area contributed by atoms with Gasteiger partial charge >= 0.3 is 11.7 Å². The molecule has 0 spiro atoms. The summed E-state index contributed by atoms with van der Waals surface area (Å²) in [4.78, 5) is 47.5. The van der Waals surface area contributed by atoms with Crippen molar-refractivity contribution in [2.75, 3.05) is 51.1 Å². The fraction of sp³-hybridized carbons (Fsp3) is 0.556. The number of nitrogens with two attached hydrogens (primary N) is 2. The topological polar surface area (TPSA) is 143 Å². The number of likely N-dealkylation sites (tertiary alicyclic amines) is 1. The molecule has 1 aromatic carbocycles. The molecule has 38 heavy (non-hydrogen) atoms. The molecule has 0 unspecified atom stereocenters. The number of urea groups is 1. The van der Waals surface area contributed by atoms with Crippen molar-refractivity contribution in [1.29, 1.82) is 0 Å². The molecule has 11 nitrogen and oxygen atoms in total. The summed E-state index contributed by atoms with van der Waals surface area (Å²) < 4.78 is 1.45. The molecule has 1 aromatic heterocycles. The molecule has 1 atom stereocenters. The number of nitrogens with zero attached hydrogens (tertiary/aromatic N) is 5. The molecule has 2 saturated heterocycles. The van der Waals surface area contributed by atoms with Crippen LogP contribution in [0.25, 0.3) is 5.69 Å². The van der Waals surface area contributed by atoms with Crippen molar-refractivity contribution in [1.82, 2.24) is 24.3 Å².